The van der Waals surface area contributed by atoms with E-state index in [1.165, 1.54) is 32.4 Å². The van der Waals surface area contributed by atoms with Crippen LogP contribution in [0.25, 0.3) is 0 Å². The Kier molecular flexibility index (Phi) is 3.84. The normalized spacial score (nSPS) is 38.8. The molecular formula is C15H29NO. The fourth-order valence-corrected chi connectivity index (χ4v) is 3.60. The van der Waals surface area contributed by atoms with Gasteiger partial charge in [0.2, 0.25) is 0 Å². The molecule has 100 valence electrons. The van der Waals surface area contributed by atoms with Gasteiger partial charge in [-0.05, 0) is 49.5 Å². The van der Waals surface area contributed by atoms with Gasteiger partial charge in [0.15, 0.2) is 0 Å². The summed E-state index contributed by atoms with van der Waals surface area (Å²) >= 11 is 0. The Labute approximate surface area is 106 Å². The second-order valence-electron chi connectivity index (χ2n) is 7.34. The van der Waals surface area contributed by atoms with Crippen molar-refractivity contribution in [2.45, 2.75) is 65.5 Å². The van der Waals surface area contributed by atoms with E-state index in [1.807, 2.05) is 0 Å². The summed E-state index contributed by atoms with van der Waals surface area (Å²) in [5, 5.41) is 10.3. The van der Waals surface area contributed by atoms with Gasteiger partial charge in [-0.15, -0.1) is 0 Å². The van der Waals surface area contributed by atoms with E-state index in [4.69, 9.17) is 0 Å². The summed E-state index contributed by atoms with van der Waals surface area (Å²) in [5.74, 6) is 1.58. The summed E-state index contributed by atoms with van der Waals surface area (Å²) in [4.78, 5) is 2.55. The minimum atomic E-state index is -0.0844. The maximum absolute atomic E-state index is 10.3. The molecule has 2 nitrogen and oxygen atoms in total. The van der Waals surface area contributed by atoms with Gasteiger partial charge in [0.05, 0.1) is 6.10 Å². The third kappa shape index (κ3) is 3.03. The van der Waals surface area contributed by atoms with Crippen molar-refractivity contribution >= 4 is 0 Å². The summed E-state index contributed by atoms with van der Waals surface area (Å²) in [5.41, 5.74) is 0.449. The second kappa shape index (κ2) is 4.89. The molecule has 3 atom stereocenters. The molecule has 0 bridgehead atoms. The van der Waals surface area contributed by atoms with Gasteiger partial charge >= 0.3 is 0 Å². The summed E-state index contributed by atoms with van der Waals surface area (Å²) in [6, 6.07) is 0.429. The standard InChI is InChI=1S/C15H29NO/c1-11(2)12-5-6-14(17)13(9-12)16-8-7-15(3,4)10-16/h11-14,17H,5-10H2,1-4H3. The van der Waals surface area contributed by atoms with Gasteiger partial charge in [0.1, 0.15) is 0 Å². The molecule has 1 aliphatic carbocycles. The van der Waals surface area contributed by atoms with E-state index in [0.717, 1.165) is 18.3 Å². The molecule has 0 aromatic rings. The van der Waals surface area contributed by atoms with Gasteiger partial charge < -0.3 is 5.11 Å². The molecule has 2 heteroatoms. The van der Waals surface area contributed by atoms with Crippen LogP contribution in [0.2, 0.25) is 0 Å². The fraction of sp³-hybridized carbons (Fsp3) is 1.00. The van der Waals surface area contributed by atoms with Gasteiger partial charge in [-0.3, -0.25) is 4.90 Å². The quantitative estimate of drug-likeness (QED) is 0.801. The van der Waals surface area contributed by atoms with E-state index < -0.39 is 0 Å². The van der Waals surface area contributed by atoms with Crippen LogP contribution in [0.5, 0.6) is 0 Å². The van der Waals surface area contributed by atoms with E-state index in [-0.39, 0.29) is 6.10 Å². The lowest BCUT2D eigenvalue weighted by Crippen LogP contribution is -2.47. The van der Waals surface area contributed by atoms with Crippen LogP contribution >= 0.6 is 0 Å². The Morgan fingerprint density at radius 2 is 1.94 bits per heavy atom. The minimum absolute atomic E-state index is 0.0844. The summed E-state index contributed by atoms with van der Waals surface area (Å²) in [6.07, 6.45) is 4.62. The first-order valence-electron chi connectivity index (χ1n) is 7.31. The number of rotatable bonds is 2. The lowest BCUT2D eigenvalue weighted by atomic mass is 9.77. The molecule has 1 saturated carbocycles. The Morgan fingerprint density at radius 3 is 2.47 bits per heavy atom. The summed E-state index contributed by atoms with van der Waals surface area (Å²) < 4.78 is 0. The van der Waals surface area contributed by atoms with Gasteiger partial charge in [0, 0.05) is 12.6 Å². The van der Waals surface area contributed by atoms with Crippen molar-refractivity contribution in [1.29, 1.82) is 0 Å². The molecular weight excluding hydrogens is 210 g/mol. The molecule has 1 heterocycles. The van der Waals surface area contributed by atoms with Gasteiger partial charge in [0.25, 0.3) is 0 Å². The second-order valence-corrected chi connectivity index (χ2v) is 7.34. The summed E-state index contributed by atoms with van der Waals surface area (Å²) in [6.45, 7) is 11.7. The number of likely N-dealkylation sites (tertiary alicyclic amines) is 1. The molecule has 1 aliphatic heterocycles. The molecule has 1 N–H and O–H groups in total. The van der Waals surface area contributed by atoms with Crippen molar-refractivity contribution in [3.05, 3.63) is 0 Å². The number of hydrogen-bond donors (Lipinski definition) is 1. The number of nitrogens with zero attached hydrogens (tertiary/aromatic N) is 1. The van der Waals surface area contributed by atoms with Crippen LogP contribution in [-0.2, 0) is 0 Å². The van der Waals surface area contributed by atoms with Crippen molar-refractivity contribution in [2.24, 2.45) is 17.3 Å². The molecule has 0 amide bonds. The number of hydrogen-bond acceptors (Lipinski definition) is 2. The largest absolute Gasteiger partial charge is 0.391 e. The van der Waals surface area contributed by atoms with Crippen LogP contribution in [0.1, 0.15) is 53.4 Å². The van der Waals surface area contributed by atoms with Crippen molar-refractivity contribution < 1.29 is 5.11 Å². The van der Waals surface area contributed by atoms with E-state index >= 15 is 0 Å². The first-order valence-corrected chi connectivity index (χ1v) is 7.31. The van der Waals surface area contributed by atoms with E-state index in [0.29, 0.717) is 11.5 Å². The topological polar surface area (TPSA) is 23.5 Å². The molecule has 0 radical (unpaired) electrons. The molecule has 2 fully saturated rings. The highest BCUT2D eigenvalue weighted by Crippen LogP contribution is 2.37. The average Bonchev–Trinajstić information content (AvgIpc) is 2.59. The van der Waals surface area contributed by atoms with Crippen LogP contribution in [0, 0.1) is 17.3 Å². The van der Waals surface area contributed by atoms with Crippen LogP contribution in [0.15, 0.2) is 0 Å². The maximum Gasteiger partial charge on any atom is 0.0695 e. The third-order valence-electron chi connectivity index (χ3n) is 4.94. The maximum atomic E-state index is 10.3. The molecule has 0 aromatic heterocycles. The predicted octanol–water partition coefficient (Wildman–Crippen LogP) is 2.90. The molecule has 0 spiro atoms. The van der Waals surface area contributed by atoms with Crippen molar-refractivity contribution in [3.8, 4) is 0 Å². The smallest absolute Gasteiger partial charge is 0.0695 e. The van der Waals surface area contributed by atoms with E-state index in [2.05, 4.69) is 32.6 Å². The number of aliphatic hydroxyl groups is 1. The minimum Gasteiger partial charge on any atom is -0.391 e. The zero-order valence-corrected chi connectivity index (χ0v) is 11.9. The Hall–Kier alpha value is -0.0800. The van der Waals surface area contributed by atoms with Crippen LogP contribution in [0.4, 0.5) is 0 Å². The predicted molar refractivity (Wildman–Crippen MR) is 71.9 cm³/mol. The van der Waals surface area contributed by atoms with E-state index in [1.54, 1.807) is 0 Å². The molecule has 1 saturated heterocycles. The molecule has 0 aromatic carbocycles. The first kappa shape index (κ1) is 13.4. The Balaban J connectivity index is 1.99. The van der Waals surface area contributed by atoms with E-state index in [9.17, 15) is 5.11 Å². The number of aliphatic hydroxyl groups excluding tert-OH is 1. The summed E-state index contributed by atoms with van der Waals surface area (Å²) in [7, 11) is 0. The lowest BCUT2D eigenvalue weighted by molar-refractivity contribution is 0.00183. The Morgan fingerprint density at radius 1 is 1.24 bits per heavy atom. The first-order chi connectivity index (χ1) is 7.89. The lowest BCUT2D eigenvalue weighted by Gasteiger charge is -2.40. The average molecular weight is 239 g/mol. The highest BCUT2D eigenvalue weighted by atomic mass is 16.3. The third-order valence-corrected chi connectivity index (χ3v) is 4.94. The molecule has 3 unspecified atom stereocenters. The van der Waals surface area contributed by atoms with Gasteiger partial charge in [-0.2, -0.15) is 0 Å². The fourth-order valence-electron chi connectivity index (χ4n) is 3.60. The Bertz CT molecular complexity index is 262. The monoisotopic (exact) mass is 239 g/mol. The van der Waals surface area contributed by atoms with Crippen molar-refractivity contribution in [2.75, 3.05) is 13.1 Å². The molecule has 17 heavy (non-hydrogen) atoms. The van der Waals surface area contributed by atoms with Crippen molar-refractivity contribution in [3.63, 3.8) is 0 Å². The van der Waals surface area contributed by atoms with Crippen LogP contribution < -0.4 is 0 Å². The zero-order chi connectivity index (χ0) is 12.6. The van der Waals surface area contributed by atoms with Crippen LogP contribution in [0.3, 0.4) is 0 Å². The zero-order valence-electron chi connectivity index (χ0n) is 11.9. The van der Waals surface area contributed by atoms with Gasteiger partial charge in [-0.1, -0.05) is 27.7 Å². The highest BCUT2D eigenvalue weighted by molar-refractivity contribution is 4.93. The highest BCUT2D eigenvalue weighted by Gasteiger charge is 2.39. The van der Waals surface area contributed by atoms with Gasteiger partial charge in [-0.25, -0.2) is 0 Å². The molecule has 2 rings (SSSR count). The molecule has 2 aliphatic rings. The van der Waals surface area contributed by atoms with Crippen molar-refractivity contribution in [1.82, 2.24) is 4.90 Å². The van der Waals surface area contributed by atoms with Crippen LogP contribution in [-0.4, -0.2) is 35.2 Å². The SMILES string of the molecule is CC(C)C1CCC(O)C(N2CCC(C)(C)C2)C1.